The van der Waals surface area contributed by atoms with Crippen molar-refractivity contribution in [2.24, 2.45) is 0 Å². The summed E-state index contributed by atoms with van der Waals surface area (Å²) >= 11 is 0. The van der Waals surface area contributed by atoms with E-state index in [1.807, 2.05) is 0 Å². The molecule has 0 bridgehead atoms. The van der Waals surface area contributed by atoms with E-state index in [0.29, 0.717) is 22.2 Å². The minimum Gasteiger partial charge on any atom is -0.453 e. The van der Waals surface area contributed by atoms with Gasteiger partial charge in [0, 0.05) is 0 Å². The second kappa shape index (κ2) is 6.05. The van der Waals surface area contributed by atoms with Crippen LogP contribution in [0.25, 0.3) is 11.0 Å². The molecular formula is C16H14FN3O3. The van der Waals surface area contributed by atoms with Crippen LogP contribution >= 0.6 is 0 Å². The lowest BCUT2D eigenvalue weighted by Gasteiger charge is -2.11. The molecule has 0 aliphatic carbocycles. The number of aromatic nitrogens is 2. The van der Waals surface area contributed by atoms with Crippen LogP contribution < -0.4 is 5.32 Å². The molecule has 3 N–H and O–H groups in total. The molecule has 1 unspecified atom stereocenters. The second-order valence-electron chi connectivity index (χ2n) is 4.93. The number of rotatable bonds is 3. The first-order valence-corrected chi connectivity index (χ1v) is 6.85. The van der Waals surface area contributed by atoms with E-state index in [4.69, 9.17) is 0 Å². The standard InChI is InChI=1S/C16H14FN3O3/c1-23-16(22)20-15-18-12-7-4-10(8-13(12)19-15)14(21)9-2-5-11(17)6-3-9/h2-8,14,21H,1H3,(H2,18,19,20,22). The second-order valence-corrected chi connectivity index (χ2v) is 4.93. The zero-order chi connectivity index (χ0) is 16.4. The molecule has 1 heterocycles. The maximum absolute atomic E-state index is 13.0. The Kier molecular flexibility index (Phi) is 3.94. The molecule has 1 amide bonds. The van der Waals surface area contributed by atoms with Gasteiger partial charge in [0.15, 0.2) is 0 Å². The van der Waals surface area contributed by atoms with E-state index in [2.05, 4.69) is 20.0 Å². The van der Waals surface area contributed by atoms with Gasteiger partial charge in [-0.25, -0.2) is 14.2 Å². The maximum Gasteiger partial charge on any atom is 0.413 e. The van der Waals surface area contributed by atoms with E-state index in [9.17, 15) is 14.3 Å². The van der Waals surface area contributed by atoms with E-state index >= 15 is 0 Å². The van der Waals surface area contributed by atoms with Crippen LogP contribution in [0.5, 0.6) is 0 Å². The number of nitrogens with one attached hydrogen (secondary N) is 2. The smallest absolute Gasteiger partial charge is 0.413 e. The molecule has 0 aliphatic rings. The molecule has 23 heavy (non-hydrogen) atoms. The third kappa shape index (κ3) is 3.14. The minimum absolute atomic E-state index is 0.250. The average molecular weight is 315 g/mol. The molecule has 0 aliphatic heterocycles. The molecule has 0 spiro atoms. The molecule has 3 aromatic rings. The van der Waals surface area contributed by atoms with Crippen LogP contribution in [-0.4, -0.2) is 28.3 Å². The third-order valence-corrected chi connectivity index (χ3v) is 3.41. The number of halogens is 1. The first kappa shape index (κ1) is 15.0. The number of nitrogens with zero attached hydrogens (tertiary/aromatic N) is 1. The number of hydrogen-bond donors (Lipinski definition) is 3. The molecule has 0 saturated heterocycles. The lowest BCUT2D eigenvalue weighted by atomic mass is 10.0. The number of imidazole rings is 1. The van der Waals surface area contributed by atoms with Crippen LogP contribution in [0.3, 0.4) is 0 Å². The Bertz CT molecular complexity index is 845. The SMILES string of the molecule is COC(=O)Nc1nc2ccc(C(O)c3ccc(F)cc3)cc2[nH]1. The lowest BCUT2D eigenvalue weighted by Crippen LogP contribution is -2.11. The summed E-state index contributed by atoms with van der Waals surface area (Å²) in [4.78, 5) is 18.3. The zero-order valence-electron chi connectivity index (χ0n) is 12.2. The highest BCUT2D eigenvalue weighted by Crippen LogP contribution is 2.25. The van der Waals surface area contributed by atoms with Crippen LogP contribution in [0.1, 0.15) is 17.2 Å². The summed E-state index contributed by atoms with van der Waals surface area (Å²) in [5.41, 5.74) is 2.48. The van der Waals surface area contributed by atoms with Crippen molar-refractivity contribution in [1.29, 1.82) is 0 Å². The number of hydrogen-bond acceptors (Lipinski definition) is 4. The van der Waals surface area contributed by atoms with Gasteiger partial charge in [-0.05, 0) is 35.4 Å². The summed E-state index contributed by atoms with van der Waals surface area (Å²) < 4.78 is 17.5. The van der Waals surface area contributed by atoms with Crippen molar-refractivity contribution in [3.05, 3.63) is 59.4 Å². The highest BCUT2D eigenvalue weighted by atomic mass is 19.1. The van der Waals surface area contributed by atoms with E-state index in [1.54, 1.807) is 18.2 Å². The average Bonchev–Trinajstić information content (AvgIpc) is 2.96. The predicted octanol–water partition coefficient (Wildman–Crippen LogP) is 2.96. The largest absolute Gasteiger partial charge is 0.453 e. The number of H-pyrrole nitrogens is 1. The van der Waals surface area contributed by atoms with Crippen LogP contribution in [0.4, 0.5) is 15.1 Å². The van der Waals surface area contributed by atoms with Gasteiger partial charge in [0.2, 0.25) is 5.95 Å². The number of benzene rings is 2. The normalized spacial score (nSPS) is 12.1. The van der Waals surface area contributed by atoms with Crippen molar-refractivity contribution in [3.8, 4) is 0 Å². The van der Waals surface area contributed by atoms with Gasteiger partial charge in [0.1, 0.15) is 11.9 Å². The number of fused-ring (bicyclic) bond motifs is 1. The van der Waals surface area contributed by atoms with Gasteiger partial charge in [-0.3, -0.25) is 5.32 Å². The van der Waals surface area contributed by atoms with Gasteiger partial charge in [-0.1, -0.05) is 18.2 Å². The highest BCUT2D eigenvalue weighted by molar-refractivity contribution is 5.86. The Morgan fingerprint density at radius 2 is 1.96 bits per heavy atom. The summed E-state index contributed by atoms with van der Waals surface area (Å²) in [6.07, 6.45) is -1.52. The van der Waals surface area contributed by atoms with Crippen molar-refractivity contribution in [3.63, 3.8) is 0 Å². The number of anilines is 1. The molecule has 1 atom stereocenters. The van der Waals surface area contributed by atoms with Crippen LogP contribution in [0.15, 0.2) is 42.5 Å². The molecule has 6 nitrogen and oxygen atoms in total. The quantitative estimate of drug-likeness (QED) is 0.693. The molecule has 2 aromatic carbocycles. The van der Waals surface area contributed by atoms with Crippen molar-refractivity contribution in [2.75, 3.05) is 12.4 Å². The fourth-order valence-electron chi connectivity index (χ4n) is 2.24. The van der Waals surface area contributed by atoms with Gasteiger partial charge in [0.25, 0.3) is 0 Å². The van der Waals surface area contributed by atoms with E-state index in [-0.39, 0.29) is 11.8 Å². The van der Waals surface area contributed by atoms with Crippen molar-refractivity contribution < 1.29 is 19.0 Å². The summed E-state index contributed by atoms with van der Waals surface area (Å²) in [6, 6.07) is 10.8. The Morgan fingerprint density at radius 1 is 1.26 bits per heavy atom. The molecule has 118 valence electrons. The molecule has 7 heteroatoms. The molecule has 0 radical (unpaired) electrons. The monoisotopic (exact) mass is 315 g/mol. The van der Waals surface area contributed by atoms with E-state index < -0.39 is 12.2 Å². The first-order valence-electron chi connectivity index (χ1n) is 6.85. The van der Waals surface area contributed by atoms with Gasteiger partial charge >= 0.3 is 6.09 Å². The number of aliphatic hydroxyl groups excluding tert-OH is 1. The number of carbonyl (C=O) groups is 1. The fraction of sp³-hybridized carbons (Fsp3) is 0.125. The van der Waals surface area contributed by atoms with Crippen molar-refractivity contribution in [1.82, 2.24) is 9.97 Å². The number of methoxy groups -OCH3 is 1. The van der Waals surface area contributed by atoms with Gasteiger partial charge in [-0.2, -0.15) is 0 Å². The third-order valence-electron chi connectivity index (χ3n) is 3.41. The number of aliphatic hydroxyl groups is 1. The summed E-state index contributed by atoms with van der Waals surface area (Å²) in [5.74, 6) is -0.108. The zero-order valence-corrected chi connectivity index (χ0v) is 12.2. The Hall–Kier alpha value is -2.93. The predicted molar refractivity (Wildman–Crippen MR) is 82.6 cm³/mol. The van der Waals surface area contributed by atoms with E-state index in [1.165, 1.54) is 31.4 Å². The first-order chi connectivity index (χ1) is 11.1. The number of aromatic amines is 1. The summed E-state index contributed by atoms with van der Waals surface area (Å²) in [7, 11) is 1.26. The topological polar surface area (TPSA) is 87.2 Å². The van der Waals surface area contributed by atoms with Crippen molar-refractivity contribution >= 4 is 23.1 Å². The Balaban J connectivity index is 1.90. The summed E-state index contributed by atoms with van der Waals surface area (Å²) in [5, 5.41) is 12.8. The fourth-order valence-corrected chi connectivity index (χ4v) is 2.24. The highest BCUT2D eigenvalue weighted by Gasteiger charge is 2.13. The van der Waals surface area contributed by atoms with Crippen molar-refractivity contribution in [2.45, 2.75) is 6.10 Å². The molecule has 0 fully saturated rings. The Morgan fingerprint density at radius 3 is 2.65 bits per heavy atom. The molecule has 3 rings (SSSR count). The molecular weight excluding hydrogens is 301 g/mol. The van der Waals surface area contributed by atoms with Gasteiger partial charge in [-0.15, -0.1) is 0 Å². The molecule has 1 aromatic heterocycles. The summed E-state index contributed by atoms with van der Waals surface area (Å²) in [6.45, 7) is 0. The number of ether oxygens (including phenoxy) is 1. The van der Waals surface area contributed by atoms with Gasteiger partial charge in [0.05, 0.1) is 18.1 Å². The van der Waals surface area contributed by atoms with Crippen LogP contribution in [0, 0.1) is 5.82 Å². The Labute approximate surface area is 130 Å². The van der Waals surface area contributed by atoms with Crippen LogP contribution in [0.2, 0.25) is 0 Å². The van der Waals surface area contributed by atoms with Crippen LogP contribution in [-0.2, 0) is 4.74 Å². The maximum atomic E-state index is 13.0. The molecule has 0 saturated carbocycles. The number of amides is 1. The minimum atomic E-state index is -0.889. The lowest BCUT2D eigenvalue weighted by molar-refractivity contribution is 0.186. The van der Waals surface area contributed by atoms with E-state index in [0.717, 1.165) is 0 Å². The van der Waals surface area contributed by atoms with Gasteiger partial charge < -0.3 is 14.8 Å². The number of carbonyl (C=O) groups excluding carboxylic acids is 1.